The molecule has 0 spiro atoms. The van der Waals surface area contributed by atoms with Crippen LogP contribution < -0.4 is 0 Å². The van der Waals surface area contributed by atoms with Crippen molar-refractivity contribution in [3.05, 3.63) is 0 Å². The van der Waals surface area contributed by atoms with Gasteiger partial charge in [-0.1, -0.05) is 0 Å². The Labute approximate surface area is 70.5 Å². The Hall–Kier alpha value is 1.86. The van der Waals surface area contributed by atoms with Gasteiger partial charge in [0.2, 0.25) is 0 Å². The Balaban J connectivity index is 0. The summed E-state index contributed by atoms with van der Waals surface area (Å²) in [6.07, 6.45) is 0. The standard InChI is InChI=1S/2O.Pt.2Ru/q2*-2;;;+4. The third-order valence-electron chi connectivity index (χ3n) is 0. The quantitative estimate of drug-likeness (QED) is 0.478. The molecule has 0 aliphatic heterocycles. The topological polar surface area (TPSA) is 57.0 Å². The Kier molecular flexibility index (Phi) is 548. The molecule has 0 aromatic carbocycles. The Morgan fingerprint density at radius 1 is 0.800 bits per heavy atom. The molecule has 38 valence electrons. The third kappa shape index (κ3) is 25.3. The first-order valence-electron chi connectivity index (χ1n) is 0. The summed E-state index contributed by atoms with van der Waals surface area (Å²) in [5.41, 5.74) is 0. The van der Waals surface area contributed by atoms with Crippen molar-refractivity contribution in [2.45, 2.75) is 0 Å². The van der Waals surface area contributed by atoms with Gasteiger partial charge >= 0.3 is 19.5 Å². The molecule has 0 aromatic rings. The van der Waals surface area contributed by atoms with E-state index < -0.39 is 0 Å². The second kappa shape index (κ2) is 40.1. The number of hydrogen-bond donors (Lipinski definition) is 0. The summed E-state index contributed by atoms with van der Waals surface area (Å²) < 4.78 is 0. The van der Waals surface area contributed by atoms with Gasteiger partial charge in [-0.2, -0.15) is 0 Å². The molecule has 2 nitrogen and oxygen atoms in total. The fraction of sp³-hybridized carbons (Fsp3) is 0. The monoisotopic (exact) mass is 431 g/mol. The van der Waals surface area contributed by atoms with Gasteiger partial charge in [-0.05, 0) is 0 Å². The van der Waals surface area contributed by atoms with Crippen molar-refractivity contribution < 1.29 is 71.0 Å². The van der Waals surface area contributed by atoms with Gasteiger partial charge in [-0.3, -0.25) is 0 Å². The van der Waals surface area contributed by atoms with Crippen LogP contribution in [0.25, 0.3) is 0 Å². The van der Waals surface area contributed by atoms with Crippen molar-refractivity contribution in [1.82, 2.24) is 0 Å². The van der Waals surface area contributed by atoms with Crippen LogP contribution in [0.3, 0.4) is 0 Å². The molecule has 0 heterocycles. The van der Waals surface area contributed by atoms with E-state index >= 15 is 0 Å². The van der Waals surface area contributed by atoms with Crippen molar-refractivity contribution in [3.63, 3.8) is 0 Å². The normalized spacial score (nSPS) is 0. The molecule has 5 heavy (non-hydrogen) atoms. The maximum absolute atomic E-state index is 0. The van der Waals surface area contributed by atoms with E-state index in [1.165, 1.54) is 0 Å². The molecule has 0 aliphatic carbocycles. The van der Waals surface area contributed by atoms with E-state index in [0.29, 0.717) is 0 Å². The molecule has 0 saturated heterocycles. The van der Waals surface area contributed by atoms with E-state index in [1.807, 2.05) is 0 Å². The summed E-state index contributed by atoms with van der Waals surface area (Å²) in [6.45, 7) is 0. The van der Waals surface area contributed by atoms with Crippen LogP contribution in [-0.4, -0.2) is 0 Å². The summed E-state index contributed by atoms with van der Waals surface area (Å²) in [6, 6.07) is 0. The predicted octanol–water partition coefficient (Wildman–Crippen LogP) is -0.245. The maximum atomic E-state index is 0. The van der Waals surface area contributed by atoms with E-state index in [-0.39, 0.29) is 71.0 Å². The van der Waals surface area contributed by atoms with Crippen LogP contribution >= 0.6 is 0 Å². The fourth-order valence-corrected chi connectivity index (χ4v) is 0. The zero-order valence-corrected chi connectivity index (χ0v) is 7.59. The number of hydrogen-bond acceptors (Lipinski definition) is 0. The Morgan fingerprint density at radius 2 is 0.800 bits per heavy atom. The first-order chi connectivity index (χ1) is 0. The minimum absolute atomic E-state index is 0. The van der Waals surface area contributed by atoms with E-state index in [0.717, 1.165) is 0 Å². The third-order valence-corrected chi connectivity index (χ3v) is 0. The minimum Gasteiger partial charge on any atom is -2.00 e. The zero-order valence-electron chi connectivity index (χ0n) is 1.84. The van der Waals surface area contributed by atoms with Crippen LogP contribution in [0.15, 0.2) is 0 Å². The molecule has 0 aromatic heterocycles. The van der Waals surface area contributed by atoms with Crippen LogP contribution in [-0.2, 0) is 71.0 Å². The molecule has 0 atom stereocenters. The summed E-state index contributed by atoms with van der Waals surface area (Å²) in [4.78, 5) is 0. The molecule has 0 amide bonds. The van der Waals surface area contributed by atoms with Crippen molar-refractivity contribution in [3.8, 4) is 0 Å². The van der Waals surface area contributed by atoms with E-state index in [2.05, 4.69) is 0 Å². The van der Waals surface area contributed by atoms with Crippen molar-refractivity contribution >= 4 is 0 Å². The molecule has 0 N–H and O–H groups in total. The van der Waals surface area contributed by atoms with Gasteiger partial charge in [0.15, 0.2) is 0 Å². The molecule has 0 saturated carbocycles. The van der Waals surface area contributed by atoms with Gasteiger partial charge in [0.25, 0.3) is 0 Å². The molecular formula is O2PtRu2. The van der Waals surface area contributed by atoms with Gasteiger partial charge in [-0.25, -0.2) is 0 Å². The van der Waals surface area contributed by atoms with E-state index in [1.54, 1.807) is 0 Å². The summed E-state index contributed by atoms with van der Waals surface area (Å²) in [5.74, 6) is 0. The SMILES string of the molecule is [O-2].[O-2].[Pt].[Ru+4].[Ru]. The second-order valence-corrected chi connectivity index (χ2v) is 0. The van der Waals surface area contributed by atoms with Gasteiger partial charge in [0.1, 0.15) is 0 Å². The molecule has 0 aliphatic rings. The summed E-state index contributed by atoms with van der Waals surface area (Å²) >= 11 is 0. The molecule has 5 heteroatoms. The van der Waals surface area contributed by atoms with E-state index in [9.17, 15) is 0 Å². The average molecular weight is 429 g/mol. The number of rotatable bonds is 0. The average Bonchev–Trinajstić information content (AvgIpc) is 0. The van der Waals surface area contributed by atoms with Gasteiger partial charge in [-0.15, -0.1) is 0 Å². The minimum atomic E-state index is 0. The molecule has 0 fully saturated rings. The van der Waals surface area contributed by atoms with Gasteiger partial charge in [0, 0.05) is 40.5 Å². The van der Waals surface area contributed by atoms with Crippen LogP contribution in [0.4, 0.5) is 0 Å². The first-order valence-corrected chi connectivity index (χ1v) is 0. The molecule has 0 bridgehead atoms. The predicted molar refractivity (Wildman–Crippen MR) is 1.37 cm³/mol. The zero-order chi connectivity index (χ0) is 0. The summed E-state index contributed by atoms with van der Waals surface area (Å²) in [5, 5.41) is 0. The van der Waals surface area contributed by atoms with Crippen LogP contribution in [0.2, 0.25) is 0 Å². The second-order valence-electron chi connectivity index (χ2n) is 0. The van der Waals surface area contributed by atoms with Crippen LogP contribution in [0.5, 0.6) is 0 Å². The smallest absolute Gasteiger partial charge is 2.00 e. The fourth-order valence-electron chi connectivity index (χ4n) is 0. The Bertz CT molecular complexity index is 7.61. The Morgan fingerprint density at radius 3 is 0.800 bits per heavy atom. The molecular weight excluding hydrogens is 429 g/mol. The largest absolute Gasteiger partial charge is 4.00 e. The van der Waals surface area contributed by atoms with Gasteiger partial charge < -0.3 is 11.0 Å². The summed E-state index contributed by atoms with van der Waals surface area (Å²) in [7, 11) is 0. The molecule has 0 rings (SSSR count). The van der Waals surface area contributed by atoms with Gasteiger partial charge in [0.05, 0.1) is 0 Å². The van der Waals surface area contributed by atoms with Crippen molar-refractivity contribution in [1.29, 1.82) is 0 Å². The van der Waals surface area contributed by atoms with Crippen molar-refractivity contribution in [2.24, 2.45) is 0 Å². The van der Waals surface area contributed by atoms with Crippen LogP contribution in [0, 0.1) is 0 Å². The van der Waals surface area contributed by atoms with E-state index in [4.69, 9.17) is 0 Å². The first kappa shape index (κ1) is 68.3. The van der Waals surface area contributed by atoms with Crippen LogP contribution in [0.1, 0.15) is 0 Å². The molecule has 0 unspecified atom stereocenters. The van der Waals surface area contributed by atoms with Crippen molar-refractivity contribution in [2.75, 3.05) is 0 Å². The maximum Gasteiger partial charge on any atom is 4.00 e. The molecule has 0 radical (unpaired) electrons.